The van der Waals surface area contributed by atoms with Gasteiger partial charge in [-0.15, -0.1) is 0 Å². The van der Waals surface area contributed by atoms with Gasteiger partial charge in [0.1, 0.15) is 19.8 Å². The van der Waals surface area contributed by atoms with Crippen LogP contribution in [0.2, 0.25) is 0 Å². The molecule has 454 valence electrons. The molecule has 0 amide bonds. The molecule has 0 aromatic rings. The van der Waals surface area contributed by atoms with Gasteiger partial charge in [-0.25, -0.2) is 4.57 Å². The van der Waals surface area contributed by atoms with Crippen molar-refractivity contribution in [3.05, 3.63) is 146 Å². The van der Waals surface area contributed by atoms with Crippen molar-refractivity contribution < 1.29 is 42.1 Å². The quantitative estimate of drug-likeness (QED) is 0.0211. The molecule has 0 saturated heterocycles. The highest BCUT2D eigenvalue weighted by atomic mass is 31.2. The molecule has 0 spiro atoms. The summed E-state index contributed by atoms with van der Waals surface area (Å²) in [7, 11) is 1.45. The van der Waals surface area contributed by atoms with Gasteiger partial charge in [-0.1, -0.05) is 250 Å². The molecule has 80 heavy (non-hydrogen) atoms. The zero-order chi connectivity index (χ0) is 58.4. The minimum atomic E-state index is -4.40. The zero-order valence-corrected chi connectivity index (χ0v) is 52.4. The molecule has 0 bridgehead atoms. The molecule has 10 heteroatoms. The number of hydrogen-bond acceptors (Lipinski definition) is 7. The van der Waals surface area contributed by atoms with Crippen LogP contribution >= 0.6 is 7.82 Å². The number of hydrogen-bond donors (Lipinski definition) is 1. The Kier molecular flexibility index (Phi) is 56.5. The highest BCUT2D eigenvalue weighted by molar-refractivity contribution is 7.47. The summed E-state index contributed by atoms with van der Waals surface area (Å²) in [5, 5.41) is 0. The summed E-state index contributed by atoms with van der Waals surface area (Å²) >= 11 is 0. The van der Waals surface area contributed by atoms with Gasteiger partial charge in [0, 0.05) is 12.8 Å². The van der Waals surface area contributed by atoms with Crippen LogP contribution in [0.1, 0.15) is 232 Å². The topological polar surface area (TPSA) is 108 Å². The maximum atomic E-state index is 12.8. The summed E-state index contributed by atoms with van der Waals surface area (Å²) in [6.07, 6.45) is 88.0. The molecule has 0 aliphatic carbocycles. The number of likely N-dealkylation sites (N-methyl/N-ethyl adjacent to an activating group) is 1. The van der Waals surface area contributed by atoms with E-state index >= 15 is 0 Å². The lowest BCUT2D eigenvalue weighted by Gasteiger charge is -2.24. The van der Waals surface area contributed by atoms with E-state index < -0.39 is 26.5 Å². The lowest BCUT2D eigenvalue weighted by molar-refractivity contribution is -0.870. The van der Waals surface area contributed by atoms with Crippen molar-refractivity contribution in [2.24, 2.45) is 0 Å². The second kappa shape index (κ2) is 59.5. The molecule has 2 atom stereocenters. The molecule has 0 saturated carbocycles. The summed E-state index contributed by atoms with van der Waals surface area (Å²) in [5.74, 6) is -0.826. The Bertz CT molecular complexity index is 1860. The molecule has 9 nitrogen and oxygen atoms in total. The van der Waals surface area contributed by atoms with Crippen LogP contribution in [-0.2, 0) is 32.7 Å². The first kappa shape index (κ1) is 75.9. The molecule has 1 N–H and O–H groups in total. The lowest BCUT2D eigenvalue weighted by Crippen LogP contribution is -2.37. The molecule has 0 radical (unpaired) electrons. The largest absolute Gasteiger partial charge is 0.472 e. The number of allylic oxidation sites excluding steroid dienone is 24. The maximum Gasteiger partial charge on any atom is 0.472 e. The van der Waals surface area contributed by atoms with Crippen LogP contribution in [-0.4, -0.2) is 74.9 Å². The predicted molar refractivity (Wildman–Crippen MR) is 343 cm³/mol. The van der Waals surface area contributed by atoms with Gasteiger partial charge in [0.15, 0.2) is 6.10 Å². The maximum absolute atomic E-state index is 12.8. The normalized spacial score (nSPS) is 14.2. The molecule has 0 rings (SSSR count). The summed E-state index contributed by atoms with van der Waals surface area (Å²) < 4.78 is 34.5. The Hall–Kier alpha value is -4.11. The fraction of sp³-hybridized carbons (Fsp3) is 0.629. The van der Waals surface area contributed by atoms with Crippen molar-refractivity contribution in [2.75, 3.05) is 47.5 Å². The highest BCUT2D eigenvalue weighted by Gasteiger charge is 2.27. The molecule has 0 aliphatic rings. The second-order valence-corrected chi connectivity index (χ2v) is 23.1. The number of rotatable bonds is 56. The molecule has 2 unspecified atom stereocenters. The monoisotopic (exact) mass is 1130 g/mol. The van der Waals surface area contributed by atoms with E-state index in [-0.39, 0.29) is 32.0 Å². The van der Waals surface area contributed by atoms with Crippen molar-refractivity contribution in [3.63, 3.8) is 0 Å². The standard InChI is InChI=1S/C70H116NO8P/c1-6-8-10-12-14-16-18-20-22-23-24-25-26-27-28-29-30-31-32-33-34-35-36-37-38-39-40-41-42-43-44-45-46-47-49-51-53-55-57-59-61-63-70(73)79-68(67-78-80(74,75)77-65-64-71(3,4)5)66-76-69(72)62-60-58-56-54-52-50-48-21-19-17-15-13-11-9-7-2/h8-11,14-17,20-22,24-25,27-28,30-31,33-34,36-37,39-40,48,68H,6-7,12-13,18-19,23,26,29,32,35,38,41-47,49-67H2,1-5H3/p+1/b10-8-,11-9-,16-14-,17-15-,22-20-,25-24-,28-27-,31-30-,34-33-,37-36-,40-39-,48-21-. The fourth-order valence-electron chi connectivity index (χ4n) is 8.08. The minimum Gasteiger partial charge on any atom is -0.462 e. The van der Waals surface area contributed by atoms with Gasteiger partial charge in [0.2, 0.25) is 0 Å². The van der Waals surface area contributed by atoms with Crippen LogP contribution in [0.4, 0.5) is 0 Å². The first-order valence-electron chi connectivity index (χ1n) is 31.6. The van der Waals surface area contributed by atoms with Gasteiger partial charge >= 0.3 is 19.8 Å². The van der Waals surface area contributed by atoms with E-state index in [1.807, 2.05) is 21.1 Å². The van der Waals surface area contributed by atoms with E-state index in [1.165, 1.54) is 64.2 Å². The Morgan fingerprint density at radius 2 is 0.675 bits per heavy atom. The summed E-state index contributed by atoms with van der Waals surface area (Å²) in [5.41, 5.74) is 0. The SMILES string of the molecule is CC/C=C\C/C=C\C/C=C\C/C=C\C/C=C\C/C=C\C/C=C\C/C=C\C/C=C\CCCCCCCCCCCCCCCC(=O)OC(COC(=O)CCCCCCC/C=C\C/C=C\C/C=C\CC)COP(=O)(O)OCC[N+](C)(C)C. The number of phosphoric ester groups is 1. The number of ether oxygens (including phenoxy) is 2. The van der Waals surface area contributed by atoms with Crippen molar-refractivity contribution in [2.45, 2.75) is 238 Å². The molecule has 0 aromatic heterocycles. The number of carbonyl (C=O) groups is 2. The molecule has 0 aromatic carbocycles. The van der Waals surface area contributed by atoms with Crippen molar-refractivity contribution >= 4 is 19.8 Å². The lowest BCUT2D eigenvalue weighted by atomic mass is 10.0. The predicted octanol–water partition coefficient (Wildman–Crippen LogP) is 20.3. The number of phosphoric acid groups is 1. The van der Waals surface area contributed by atoms with Gasteiger partial charge in [0.25, 0.3) is 0 Å². The van der Waals surface area contributed by atoms with Crippen LogP contribution in [0.3, 0.4) is 0 Å². The second-order valence-electron chi connectivity index (χ2n) is 21.7. The third-order valence-corrected chi connectivity index (χ3v) is 13.8. The third kappa shape index (κ3) is 63.1. The molecular weight excluding hydrogens is 1010 g/mol. The minimum absolute atomic E-state index is 0.0222. The fourth-order valence-corrected chi connectivity index (χ4v) is 8.82. The first-order valence-corrected chi connectivity index (χ1v) is 33.1. The summed E-state index contributed by atoms with van der Waals surface area (Å²) in [6.45, 7) is 4.17. The Balaban J connectivity index is 4.05. The van der Waals surface area contributed by atoms with E-state index in [0.29, 0.717) is 23.9 Å². The Morgan fingerprint density at radius 1 is 0.388 bits per heavy atom. The van der Waals surface area contributed by atoms with Crippen LogP contribution < -0.4 is 0 Å². The number of unbranched alkanes of at least 4 members (excludes halogenated alkanes) is 18. The van der Waals surface area contributed by atoms with E-state index in [1.54, 1.807) is 0 Å². The molecule has 0 heterocycles. The molecule has 0 aliphatic heterocycles. The Labute approximate surface area is 491 Å². The average molecular weight is 1130 g/mol. The van der Waals surface area contributed by atoms with Crippen molar-refractivity contribution in [1.82, 2.24) is 0 Å². The number of nitrogens with zero attached hydrogens (tertiary/aromatic N) is 1. The number of quaternary nitrogens is 1. The number of esters is 2. The van der Waals surface area contributed by atoms with Crippen LogP contribution in [0.5, 0.6) is 0 Å². The van der Waals surface area contributed by atoms with Gasteiger partial charge in [-0.2, -0.15) is 0 Å². The van der Waals surface area contributed by atoms with E-state index in [0.717, 1.165) is 128 Å². The average Bonchev–Trinajstić information content (AvgIpc) is 3.42. The first-order chi connectivity index (χ1) is 39.0. The highest BCUT2D eigenvalue weighted by Crippen LogP contribution is 2.43. The van der Waals surface area contributed by atoms with Crippen LogP contribution in [0.25, 0.3) is 0 Å². The summed E-state index contributed by atoms with van der Waals surface area (Å²) in [6, 6.07) is 0. The van der Waals surface area contributed by atoms with Gasteiger partial charge in [0.05, 0.1) is 27.7 Å². The van der Waals surface area contributed by atoms with Crippen LogP contribution in [0, 0.1) is 0 Å². The van der Waals surface area contributed by atoms with Crippen molar-refractivity contribution in [1.29, 1.82) is 0 Å². The van der Waals surface area contributed by atoms with Gasteiger partial charge in [-0.3, -0.25) is 18.6 Å². The van der Waals surface area contributed by atoms with Crippen LogP contribution in [0.15, 0.2) is 146 Å². The van der Waals surface area contributed by atoms with Gasteiger partial charge < -0.3 is 18.9 Å². The van der Waals surface area contributed by atoms with E-state index in [4.69, 9.17) is 18.5 Å². The van der Waals surface area contributed by atoms with E-state index in [2.05, 4.69) is 160 Å². The third-order valence-electron chi connectivity index (χ3n) is 12.9. The molecular formula is C70H117NO8P+. The smallest absolute Gasteiger partial charge is 0.462 e. The van der Waals surface area contributed by atoms with Crippen molar-refractivity contribution in [3.8, 4) is 0 Å². The number of carbonyl (C=O) groups excluding carboxylic acids is 2. The van der Waals surface area contributed by atoms with E-state index in [9.17, 15) is 19.0 Å². The summed E-state index contributed by atoms with van der Waals surface area (Å²) in [4.78, 5) is 35.7. The Morgan fingerprint density at radius 3 is 1.00 bits per heavy atom. The zero-order valence-electron chi connectivity index (χ0n) is 51.5. The molecule has 0 fully saturated rings. The van der Waals surface area contributed by atoms with Gasteiger partial charge in [-0.05, 0) is 116 Å².